The van der Waals surface area contributed by atoms with Gasteiger partial charge >= 0.3 is 0 Å². The number of nitrogens with one attached hydrogen (secondary N) is 2. The lowest BCUT2D eigenvalue weighted by atomic mass is 9.84. The van der Waals surface area contributed by atoms with E-state index in [1.807, 2.05) is 0 Å². The number of rotatable bonds is 0. The third-order valence-corrected chi connectivity index (χ3v) is 2.43. The largest absolute Gasteiger partial charge is 0.356 e. The van der Waals surface area contributed by atoms with Crippen LogP contribution >= 0.6 is 0 Å². The summed E-state index contributed by atoms with van der Waals surface area (Å²) in [5.74, 6) is 0.908. The molecule has 1 atom stereocenters. The third kappa shape index (κ3) is 1.57. The molecular formula is C10H16N4. The normalized spacial score (nSPS) is 21.2. The first-order chi connectivity index (χ1) is 6.59. The van der Waals surface area contributed by atoms with E-state index in [1.54, 1.807) is 12.4 Å². The van der Waals surface area contributed by atoms with Gasteiger partial charge in [0.05, 0.1) is 12.7 Å². The lowest BCUT2D eigenvalue weighted by Gasteiger charge is -2.35. The van der Waals surface area contributed by atoms with Gasteiger partial charge in [-0.25, -0.2) is 4.98 Å². The van der Waals surface area contributed by atoms with E-state index < -0.39 is 0 Å². The van der Waals surface area contributed by atoms with Crippen LogP contribution in [0.15, 0.2) is 12.4 Å². The Hall–Kier alpha value is -1.16. The molecule has 0 aromatic carbocycles. The van der Waals surface area contributed by atoms with E-state index in [-0.39, 0.29) is 11.5 Å². The SMILES string of the molecule is CC(C)(C)[C@@H]1NCNc2nccnc21. The van der Waals surface area contributed by atoms with E-state index in [1.165, 1.54) is 0 Å². The van der Waals surface area contributed by atoms with Crippen molar-refractivity contribution in [2.75, 3.05) is 12.0 Å². The summed E-state index contributed by atoms with van der Waals surface area (Å²) in [6, 6.07) is 0.271. The van der Waals surface area contributed by atoms with E-state index in [2.05, 4.69) is 41.4 Å². The first-order valence-corrected chi connectivity index (χ1v) is 4.87. The van der Waals surface area contributed by atoms with Crippen LogP contribution in [0.1, 0.15) is 32.5 Å². The van der Waals surface area contributed by atoms with Gasteiger partial charge in [-0.15, -0.1) is 0 Å². The highest BCUT2D eigenvalue weighted by molar-refractivity contribution is 5.43. The molecule has 0 radical (unpaired) electrons. The molecule has 2 heterocycles. The quantitative estimate of drug-likeness (QED) is 0.654. The number of hydrogen-bond acceptors (Lipinski definition) is 4. The smallest absolute Gasteiger partial charge is 0.150 e. The Morgan fingerprint density at radius 3 is 2.71 bits per heavy atom. The van der Waals surface area contributed by atoms with Gasteiger partial charge in [-0.05, 0) is 5.41 Å². The van der Waals surface area contributed by atoms with Crippen molar-refractivity contribution in [3.05, 3.63) is 18.1 Å². The maximum atomic E-state index is 4.38. The van der Waals surface area contributed by atoms with Crippen molar-refractivity contribution in [1.82, 2.24) is 15.3 Å². The Morgan fingerprint density at radius 1 is 1.29 bits per heavy atom. The summed E-state index contributed by atoms with van der Waals surface area (Å²) in [7, 11) is 0. The average Bonchev–Trinajstić information content (AvgIpc) is 2.15. The Kier molecular flexibility index (Phi) is 2.15. The lowest BCUT2D eigenvalue weighted by molar-refractivity contribution is 0.266. The molecule has 0 saturated heterocycles. The number of hydrogen-bond donors (Lipinski definition) is 2. The molecule has 2 rings (SSSR count). The van der Waals surface area contributed by atoms with Crippen LogP contribution in [0.3, 0.4) is 0 Å². The van der Waals surface area contributed by atoms with Gasteiger partial charge in [-0.3, -0.25) is 10.3 Å². The van der Waals surface area contributed by atoms with Gasteiger partial charge in [0.2, 0.25) is 0 Å². The zero-order chi connectivity index (χ0) is 10.2. The van der Waals surface area contributed by atoms with Gasteiger partial charge in [0.25, 0.3) is 0 Å². The van der Waals surface area contributed by atoms with Gasteiger partial charge in [0.15, 0.2) is 0 Å². The van der Waals surface area contributed by atoms with Gasteiger partial charge in [-0.1, -0.05) is 20.8 Å². The minimum Gasteiger partial charge on any atom is -0.356 e. The summed E-state index contributed by atoms with van der Waals surface area (Å²) in [5.41, 5.74) is 1.18. The van der Waals surface area contributed by atoms with E-state index >= 15 is 0 Å². The van der Waals surface area contributed by atoms with Crippen molar-refractivity contribution in [3.63, 3.8) is 0 Å². The number of fused-ring (bicyclic) bond motifs is 1. The Balaban J connectivity index is 2.41. The molecule has 1 aliphatic heterocycles. The summed E-state index contributed by atoms with van der Waals surface area (Å²) < 4.78 is 0. The summed E-state index contributed by atoms with van der Waals surface area (Å²) in [6.45, 7) is 7.37. The molecule has 4 heteroatoms. The highest BCUT2D eigenvalue weighted by Crippen LogP contribution is 2.35. The number of nitrogens with zero attached hydrogens (tertiary/aromatic N) is 2. The highest BCUT2D eigenvalue weighted by atomic mass is 15.2. The van der Waals surface area contributed by atoms with Crippen LogP contribution in [0.5, 0.6) is 0 Å². The Morgan fingerprint density at radius 2 is 2.00 bits per heavy atom. The van der Waals surface area contributed by atoms with Crippen LogP contribution < -0.4 is 10.6 Å². The van der Waals surface area contributed by atoms with Crippen molar-refractivity contribution < 1.29 is 0 Å². The van der Waals surface area contributed by atoms with Gasteiger partial charge in [0.1, 0.15) is 11.5 Å². The molecule has 4 nitrogen and oxygen atoms in total. The molecule has 76 valence electrons. The molecule has 1 aliphatic rings. The van der Waals surface area contributed by atoms with Gasteiger partial charge in [0, 0.05) is 12.4 Å². The molecular weight excluding hydrogens is 176 g/mol. The van der Waals surface area contributed by atoms with Crippen LogP contribution in [-0.2, 0) is 0 Å². The first kappa shape index (κ1) is 9.40. The molecule has 2 N–H and O–H groups in total. The fraction of sp³-hybridized carbons (Fsp3) is 0.600. The van der Waals surface area contributed by atoms with Crippen molar-refractivity contribution in [1.29, 1.82) is 0 Å². The summed E-state index contributed by atoms with van der Waals surface area (Å²) in [4.78, 5) is 8.65. The maximum absolute atomic E-state index is 4.38. The van der Waals surface area contributed by atoms with Gasteiger partial charge in [-0.2, -0.15) is 0 Å². The van der Waals surface area contributed by atoms with Crippen molar-refractivity contribution in [2.24, 2.45) is 5.41 Å². The minimum atomic E-state index is 0.160. The highest BCUT2D eigenvalue weighted by Gasteiger charge is 2.31. The number of aromatic nitrogens is 2. The molecule has 0 spiro atoms. The molecule has 1 aromatic rings. The predicted molar refractivity (Wildman–Crippen MR) is 55.9 cm³/mol. The van der Waals surface area contributed by atoms with E-state index in [9.17, 15) is 0 Å². The minimum absolute atomic E-state index is 0.160. The van der Waals surface area contributed by atoms with E-state index in [0.29, 0.717) is 0 Å². The molecule has 0 saturated carbocycles. The molecule has 0 aliphatic carbocycles. The zero-order valence-electron chi connectivity index (χ0n) is 8.83. The van der Waals surface area contributed by atoms with Crippen LogP contribution in [0.4, 0.5) is 5.82 Å². The molecule has 0 bridgehead atoms. The van der Waals surface area contributed by atoms with Crippen molar-refractivity contribution in [2.45, 2.75) is 26.8 Å². The van der Waals surface area contributed by atoms with Crippen molar-refractivity contribution in [3.8, 4) is 0 Å². The predicted octanol–water partition coefficient (Wildman–Crippen LogP) is 1.54. The molecule has 0 amide bonds. The van der Waals surface area contributed by atoms with E-state index in [4.69, 9.17) is 0 Å². The molecule has 1 aromatic heterocycles. The fourth-order valence-electron chi connectivity index (χ4n) is 1.75. The van der Waals surface area contributed by atoms with Crippen LogP contribution in [-0.4, -0.2) is 16.6 Å². The summed E-state index contributed by atoms with van der Waals surface area (Å²) in [6.07, 6.45) is 3.46. The molecule has 14 heavy (non-hydrogen) atoms. The second kappa shape index (κ2) is 3.20. The van der Waals surface area contributed by atoms with Gasteiger partial charge < -0.3 is 5.32 Å². The number of anilines is 1. The van der Waals surface area contributed by atoms with Crippen LogP contribution in [0, 0.1) is 5.41 Å². The van der Waals surface area contributed by atoms with Crippen LogP contribution in [0.2, 0.25) is 0 Å². The summed E-state index contributed by atoms with van der Waals surface area (Å²) in [5, 5.41) is 6.58. The Bertz CT molecular complexity index is 329. The first-order valence-electron chi connectivity index (χ1n) is 4.87. The average molecular weight is 192 g/mol. The third-order valence-electron chi connectivity index (χ3n) is 2.43. The fourth-order valence-corrected chi connectivity index (χ4v) is 1.75. The maximum Gasteiger partial charge on any atom is 0.150 e. The Labute approximate surface area is 84.2 Å². The molecule has 0 fully saturated rings. The van der Waals surface area contributed by atoms with Crippen LogP contribution in [0.25, 0.3) is 0 Å². The van der Waals surface area contributed by atoms with Crippen molar-refractivity contribution >= 4 is 5.82 Å². The molecule has 0 unspecified atom stereocenters. The monoisotopic (exact) mass is 192 g/mol. The zero-order valence-corrected chi connectivity index (χ0v) is 8.83. The standard InChI is InChI=1S/C10H16N4/c1-10(2,3)8-7-9(14-6-13-8)12-5-4-11-7/h4-5,8,13H,6H2,1-3H3,(H,12,14)/t8-/m1/s1. The topological polar surface area (TPSA) is 49.8 Å². The lowest BCUT2D eigenvalue weighted by Crippen LogP contribution is -2.40. The summed E-state index contributed by atoms with van der Waals surface area (Å²) >= 11 is 0. The second-order valence-corrected chi connectivity index (χ2v) is 4.65. The van der Waals surface area contributed by atoms with E-state index in [0.717, 1.165) is 18.2 Å². The second-order valence-electron chi connectivity index (χ2n) is 4.65.